The van der Waals surface area contributed by atoms with Gasteiger partial charge in [0.15, 0.2) is 0 Å². The maximum absolute atomic E-state index is 12.9. The van der Waals surface area contributed by atoms with Crippen LogP contribution in [0.3, 0.4) is 0 Å². The molecule has 2 atom stereocenters. The van der Waals surface area contributed by atoms with Crippen molar-refractivity contribution in [2.75, 3.05) is 19.6 Å². The van der Waals surface area contributed by atoms with Gasteiger partial charge in [0, 0.05) is 24.5 Å². The number of hydrogen-bond donors (Lipinski definition) is 1. The summed E-state index contributed by atoms with van der Waals surface area (Å²) in [6.45, 7) is 9.29. The van der Waals surface area contributed by atoms with E-state index in [9.17, 15) is 8.42 Å². The van der Waals surface area contributed by atoms with Gasteiger partial charge < -0.3 is 5.32 Å². The summed E-state index contributed by atoms with van der Waals surface area (Å²) < 4.78 is 27.4. The summed E-state index contributed by atoms with van der Waals surface area (Å²) >= 11 is 1.52. The quantitative estimate of drug-likeness (QED) is 0.816. The van der Waals surface area contributed by atoms with Crippen molar-refractivity contribution in [1.82, 2.24) is 9.62 Å². The Morgan fingerprint density at radius 3 is 2.81 bits per heavy atom. The minimum atomic E-state index is -3.34. The monoisotopic (exact) mass is 330 g/mol. The highest BCUT2D eigenvalue weighted by molar-refractivity contribution is 7.89. The largest absolute Gasteiger partial charge is 0.312 e. The van der Waals surface area contributed by atoms with Crippen LogP contribution in [0.25, 0.3) is 0 Å². The van der Waals surface area contributed by atoms with Crippen LogP contribution in [-0.2, 0) is 16.6 Å². The van der Waals surface area contributed by atoms with Gasteiger partial charge in [-0.15, -0.1) is 11.3 Å². The molecule has 2 rings (SSSR count). The number of nitrogens with one attached hydrogen (secondary N) is 1. The van der Waals surface area contributed by atoms with Gasteiger partial charge in [0.25, 0.3) is 0 Å². The number of hydrogen-bond acceptors (Lipinski definition) is 4. The fourth-order valence-electron chi connectivity index (χ4n) is 2.65. The van der Waals surface area contributed by atoms with Crippen molar-refractivity contribution in [3.8, 4) is 0 Å². The molecule has 0 radical (unpaired) electrons. The van der Waals surface area contributed by atoms with Crippen molar-refractivity contribution in [2.24, 2.45) is 11.8 Å². The maximum Gasteiger partial charge on any atom is 0.244 e. The molecule has 1 aliphatic rings. The first-order valence-electron chi connectivity index (χ1n) is 7.74. The lowest BCUT2D eigenvalue weighted by Crippen LogP contribution is -2.42. The van der Waals surface area contributed by atoms with Gasteiger partial charge in [-0.1, -0.05) is 20.8 Å². The molecule has 6 heteroatoms. The third kappa shape index (κ3) is 3.86. The molecule has 0 aliphatic carbocycles. The molecule has 120 valence electrons. The predicted octanol–water partition coefficient (Wildman–Crippen LogP) is 2.91. The molecule has 1 aliphatic heterocycles. The third-order valence-electron chi connectivity index (χ3n) is 4.33. The van der Waals surface area contributed by atoms with Crippen LogP contribution in [0.4, 0.5) is 0 Å². The first-order valence-corrected chi connectivity index (χ1v) is 10.1. The molecule has 0 aromatic carbocycles. The molecule has 2 unspecified atom stereocenters. The fraction of sp³-hybridized carbons (Fsp3) is 0.733. The van der Waals surface area contributed by atoms with E-state index < -0.39 is 10.0 Å². The SMILES string of the molecule is CCCNCc1sccc1S(=O)(=O)N1CCC(C)C(C)C1. The van der Waals surface area contributed by atoms with Crippen molar-refractivity contribution >= 4 is 21.4 Å². The third-order valence-corrected chi connectivity index (χ3v) is 7.33. The Hall–Kier alpha value is -0.430. The van der Waals surface area contributed by atoms with Crippen LogP contribution in [0.1, 0.15) is 38.5 Å². The molecule has 0 saturated carbocycles. The number of rotatable bonds is 6. The summed E-state index contributed by atoms with van der Waals surface area (Å²) in [5, 5.41) is 5.18. The second-order valence-corrected chi connectivity index (χ2v) is 8.90. The standard InChI is InChI=1S/C15H26N2O2S2/c1-4-7-16-10-14-15(6-9-20-14)21(18,19)17-8-5-12(2)13(3)11-17/h6,9,12-13,16H,4-5,7-8,10-11H2,1-3H3. The molecule has 1 aromatic rings. The van der Waals surface area contributed by atoms with E-state index >= 15 is 0 Å². The van der Waals surface area contributed by atoms with E-state index in [1.165, 1.54) is 11.3 Å². The first kappa shape index (κ1) is 16.9. The van der Waals surface area contributed by atoms with Crippen LogP contribution < -0.4 is 5.32 Å². The van der Waals surface area contributed by atoms with Gasteiger partial charge in [-0.25, -0.2) is 8.42 Å². The number of piperidine rings is 1. The summed E-state index contributed by atoms with van der Waals surface area (Å²) in [7, 11) is -3.34. The zero-order chi connectivity index (χ0) is 15.5. The van der Waals surface area contributed by atoms with Crippen molar-refractivity contribution in [3.05, 3.63) is 16.3 Å². The molecule has 1 fully saturated rings. The van der Waals surface area contributed by atoms with E-state index in [1.807, 2.05) is 5.38 Å². The Balaban J connectivity index is 2.14. The summed E-state index contributed by atoms with van der Waals surface area (Å²) in [6.07, 6.45) is 2.00. The lowest BCUT2D eigenvalue weighted by atomic mass is 9.90. The van der Waals surface area contributed by atoms with Gasteiger partial charge >= 0.3 is 0 Å². The van der Waals surface area contributed by atoms with Gasteiger partial charge in [0.1, 0.15) is 0 Å². The molecule has 2 heterocycles. The topological polar surface area (TPSA) is 49.4 Å². The molecule has 1 N–H and O–H groups in total. The zero-order valence-electron chi connectivity index (χ0n) is 13.1. The van der Waals surface area contributed by atoms with E-state index in [0.717, 1.165) is 24.3 Å². The van der Waals surface area contributed by atoms with Crippen molar-refractivity contribution in [3.63, 3.8) is 0 Å². The Bertz CT molecular complexity index is 554. The van der Waals surface area contributed by atoms with Crippen LogP contribution in [-0.4, -0.2) is 32.4 Å². The Morgan fingerprint density at radius 2 is 2.14 bits per heavy atom. The van der Waals surface area contributed by atoms with Gasteiger partial charge in [-0.2, -0.15) is 4.31 Å². The molecule has 1 aromatic heterocycles. The molecule has 21 heavy (non-hydrogen) atoms. The van der Waals surface area contributed by atoms with E-state index in [4.69, 9.17) is 0 Å². The van der Waals surface area contributed by atoms with Gasteiger partial charge in [0.2, 0.25) is 10.0 Å². The van der Waals surface area contributed by atoms with Crippen molar-refractivity contribution in [1.29, 1.82) is 0 Å². The summed E-state index contributed by atoms with van der Waals surface area (Å²) in [6, 6.07) is 1.76. The smallest absolute Gasteiger partial charge is 0.244 e. The van der Waals surface area contributed by atoms with Gasteiger partial charge in [0.05, 0.1) is 4.90 Å². The molecular weight excluding hydrogens is 304 g/mol. The lowest BCUT2D eigenvalue weighted by Gasteiger charge is -2.34. The Labute approximate surface area is 132 Å². The second-order valence-electron chi connectivity index (χ2n) is 5.99. The zero-order valence-corrected chi connectivity index (χ0v) is 14.8. The molecule has 1 saturated heterocycles. The molecule has 0 spiro atoms. The van der Waals surface area contributed by atoms with Crippen LogP contribution in [0.5, 0.6) is 0 Å². The van der Waals surface area contributed by atoms with Crippen molar-refractivity contribution < 1.29 is 8.42 Å². The maximum atomic E-state index is 12.9. The van der Waals surface area contributed by atoms with E-state index in [1.54, 1.807) is 10.4 Å². The Kier molecular flexibility index (Phi) is 5.82. The highest BCUT2D eigenvalue weighted by Gasteiger charge is 2.33. The predicted molar refractivity (Wildman–Crippen MR) is 88.0 cm³/mol. The van der Waals surface area contributed by atoms with Crippen molar-refractivity contribution in [2.45, 2.75) is 45.1 Å². The highest BCUT2D eigenvalue weighted by atomic mass is 32.2. The minimum Gasteiger partial charge on any atom is -0.312 e. The molecule has 4 nitrogen and oxygen atoms in total. The van der Waals surface area contributed by atoms with Gasteiger partial charge in [-0.3, -0.25) is 0 Å². The summed E-state index contributed by atoms with van der Waals surface area (Å²) in [5.74, 6) is 1.03. The highest BCUT2D eigenvalue weighted by Crippen LogP contribution is 2.30. The average Bonchev–Trinajstić information content (AvgIpc) is 2.91. The fourth-order valence-corrected chi connectivity index (χ4v) is 5.59. The van der Waals surface area contributed by atoms with Crippen LogP contribution in [0, 0.1) is 11.8 Å². The van der Waals surface area contributed by atoms with Gasteiger partial charge in [-0.05, 0) is 42.7 Å². The van der Waals surface area contributed by atoms with Crippen LogP contribution in [0.15, 0.2) is 16.3 Å². The Morgan fingerprint density at radius 1 is 1.38 bits per heavy atom. The summed E-state index contributed by atoms with van der Waals surface area (Å²) in [4.78, 5) is 1.42. The number of thiophene rings is 1. The van der Waals surface area contributed by atoms with E-state index in [-0.39, 0.29) is 0 Å². The van der Waals surface area contributed by atoms with Crippen LogP contribution in [0.2, 0.25) is 0 Å². The first-order chi connectivity index (χ1) is 9.96. The van der Waals surface area contributed by atoms with E-state index in [2.05, 4.69) is 26.1 Å². The summed E-state index contributed by atoms with van der Waals surface area (Å²) in [5.41, 5.74) is 0. The normalized spacial score (nSPS) is 24.3. The lowest BCUT2D eigenvalue weighted by molar-refractivity contribution is 0.212. The second kappa shape index (κ2) is 7.22. The van der Waals surface area contributed by atoms with E-state index in [0.29, 0.717) is 36.4 Å². The van der Waals surface area contributed by atoms with Crippen LogP contribution >= 0.6 is 11.3 Å². The molecule has 0 bridgehead atoms. The average molecular weight is 331 g/mol. The number of nitrogens with zero attached hydrogens (tertiary/aromatic N) is 1. The molecular formula is C15H26N2O2S2. The molecule has 0 amide bonds. The number of sulfonamides is 1. The minimum absolute atomic E-state index is 0.425.